The normalized spacial score (nSPS) is 54.6. The van der Waals surface area contributed by atoms with Crippen LogP contribution in [0.5, 0.6) is 0 Å². The van der Waals surface area contributed by atoms with Crippen molar-refractivity contribution >= 4 is 11.9 Å². The fourth-order valence-corrected chi connectivity index (χ4v) is 17.6. The molecule has 4 bridgehead atoms. The molecule has 13 fully saturated rings. The van der Waals surface area contributed by atoms with Gasteiger partial charge in [0.25, 0.3) is 0 Å². The maximum Gasteiger partial charge on any atom is 0.308 e. The Labute approximate surface area is 480 Å². The van der Waals surface area contributed by atoms with Crippen molar-refractivity contribution in [3.05, 3.63) is 24.3 Å². The van der Waals surface area contributed by atoms with E-state index in [4.69, 9.17) is 66.3 Å². The van der Waals surface area contributed by atoms with Gasteiger partial charge in [-0.1, -0.05) is 47.8 Å². The van der Waals surface area contributed by atoms with Crippen LogP contribution < -0.4 is 0 Å². The van der Waals surface area contributed by atoms with Crippen molar-refractivity contribution in [1.29, 1.82) is 0 Å². The summed E-state index contributed by atoms with van der Waals surface area (Å²) >= 11 is 0. The Hall–Kier alpha value is -2.26. The summed E-state index contributed by atoms with van der Waals surface area (Å²) < 4.78 is 92.9. The largest absolute Gasteiger partial charge is 0.481 e. The van der Waals surface area contributed by atoms with Crippen LogP contribution >= 0.6 is 0 Å². The van der Waals surface area contributed by atoms with Crippen LogP contribution in [0.25, 0.3) is 0 Å². The molecule has 5 N–H and O–H groups in total. The number of carbonyl (C=O) groups excluding carboxylic acids is 1. The molecule has 0 radical (unpaired) electrons. The van der Waals surface area contributed by atoms with Gasteiger partial charge >= 0.3 is 11.9 Å². The lowest BCUT2D eigenvalue weighted by Crippen LogP contribution is -2.67. The molecule has 2 spiro atoms. The van der Waals surface area contributed by atoms with Crippen LogP contribution in [0.3, 0.4) is 0 Å². The van der Waals surface area contributed by atoms with Gasteiger partial charge in [0.15, 0.2) is 17.7 Å². The Morgan fingerprint density at radius 3 is 2.09 bits per heavy atom. The highest BCUT2D eigenvalue weighted by Gasteiger charge is 2.72. The Morgan fingerprint density at radius 1 is 0.598 bits per heavy atom. The van der Waals surface area contributed by atoms with Gasteiger partial charge in [-0.25, -0.2) is 0 Å². The van der Waals surface area contributed by atoms with E-state index in [2.05, 4.69) is 40.9 Å². The van der Waals surface area contributed by atoms with Gasteiger partial charge in [-0.2, -0.15) is 0 Å². The average molecular weight is 1160 g/mol. The molecule has 13 aliphatic heterocycles. The minimum Gasteiger partial charge on any atom is -0.481 e. The number of aliphatic hydroxyl groups excluding tert-OH is 2. The summed E-state index contributed by atoms with van der Waals surface area (Å²) in [6.07, 6.45) is -4.53. The third-order valence-electron chi connectivity index (χ3n) is 21.7. The van der Waals surface area contributed by atoms with E-state index >= 15 is 0 Å². The van der Waals surface area contributed by atoms with E-state index in [9.17, 15) is 35.1 Å². The molecule has 21 heteroatoms. The highest BCUT2D eigenvalue weighted by Crippen LogP contribution is 2.57. The maximum absolute atomic E-state index is 14.1. The van der Waals surface area contributed by atoms with Gasteiger partial charge in [0.1, 0.15) is 18.3 Å². The third-order valence-corrected chi connectivity index (χ3v) is 21.7. The molecule has 460 valence electrons. The molecule has 13 saturated heterocycles. The second kappa shape index (κ2) is 21.8. The van der Waals surface area contributed by atoms with Crippen molar-refractivity contribution in [2.45, 2.75) is 315 Å². The Bertz CT molecular complexity index is 2410. The zero-order valence-electron chi connectivity index (χ0n) is 48.7. The Balaban J connectivity index is 0.610. The number of aliphatic carboxylic acids is 1. The van der Waals surface area contributed by atoms with Crippen LogP contribution in [0.15, 0.2) is 24.3 Å². The topological polar surface area (TPSA) is 265 Å². The van der Waals surface area contributed by atoms with Crippen LogP contribution in [0.2, 0.25) is 0 Å². The second-order valence-corrected chi connectivity index (χ2v) is 27.7. The van der Waals surface area contributed by atoms with E-state index in [0.29, 0.717) is 63.7 Å². The first-order chi connectivity index (χ1) is 38.9. The van der Waals surface area contributed by atoms with Crippen LogP contribution in [0.4, 0.5) is 0 Å². The molecule has 13 rings (SSSR count). The van der Waals surface area contributed by atoms with E-state index in [-0.39, 0.29) is 111 Å². The monoisotopic (exact) mass is 1160 g/mol. The number of ether oxygens (including phenoxy) is 14. The maximum atomic E-state index is 14.1. The van der Waals surface area contributed by atoms with Gasteiger partial charge in [0, 0.05) is 56.8 Å². The molecule has 0 aromatic heterocycles. The average Bonchev–Trinajstić information content (AvgIpc) is 3.38. The fraction of sp³-hybridized carbons (Fsp3) is 0.902. The SMILES string of the molecule is C=C1C[C@H](CC[C@]23OC(C4O[C@H]5CC[C@H](CC(=O)O[C@@H]6[C@@H](C)[C@@H]7O[C@@H]8C[C@]9(C[C@@H]%10O[C@]%11(CC(C)[C@@H]%12O[C@H](CC(=O)O)[C@H](O)C[C@@H]%12O%11)CC(C)[C@@H]%10O9)O[C@@H]8C[C@@H]7O[C@H]6C)O[C@@H]5[C@H](O2)C4C)C(O)(O)[C@H]3O)O[C@H]1CC[C@H]1C[C@@H](C)C(=C)[C@@H](C)O1. The van der Waals surface area contributed by atoms with Crippen LogP contribution in [0.1, 0.15) is 151 Å². The number of fused-ring (bicyclic) bond motifs is 11. The first-order valence-corrected chi connectivity index (χ1v) is 31.1. The summed E-state index contributed by atoms with van der Waals surface area (Å²) in [5, 5.41) is 55.0. The van der Waals surface area contributed by atoms with Crippen LogP contribution in [-0.4, -0.2) is 201 Å². The molecular formula is C61H90O21. The zero-order chi connectivity index (χ0) is 57.7. The van der Waals surface area contributed by atoms with E-state index < -0.39 is 114 Å². The van der Waals surface area contributed by atoms with Gasteiger partial charge in [0.05, 0.1) is 129 Å². The molecule has 5 unspecified atom stereocenters. The summed E-state index contributed by atoms with van der Waals surface area (Å²) in [6.45, 7) is 22.9. The minimum atomic E-state index is -2.65. The quantitative estimate of drug-likeness (QED) is 0.106. The summed E-state index contributed by atoms with van der Waals surface area (Å²) in [6, 6.07) is 0. The third kappa shape index (κ3) is 10.4. The van der Waals surface area contributed by atoms with Gasteiger partial charge in [-0.3, -0.25) is 9.59 Å². The van der Waals surface area contributed by atoms with Gasteiger partial charge in [0.2, 0.25) is 11.6 Å². The standard InChI is InChI=1S/C61H90O21/c1-26-16-35(69-33(8)30(26)5)10-12-39-27(2)17-37(71-39)14-15-60-57(66)61(67,68)56(82-60)54-32(7)53(81-60)55-40(73-54)13-11-36(72-55)18-48(65)76-51-31(6)52-43(70-34(51)9)20-42-45(75-52)24-59(77-42)25-46-50(80-59)29(4)23-58(79-46)22-28(3)49-44(78-58)19-38(62)41(74-49)21-47(63)64/h26,28-29,31-46,49-57,62,66-68H,2,5,10-25H2,1,3-4,6-9H3,(H,63,64)/t26-,28?,29?,31-,32?,33-,34+,35+,36-,37+,38-,39+,40+,41-,42-,43+,44+,45-,46+,49+,50+,51-,52+,53-,54?,55+,56?,57+,58-,59+,60-/m1/s1. The van der Waals surface area contributed by atoms with Crippen molar-refractivity contribution in [3.63, 3.8) is 0 Å². The lowest BCUT2D eigenvalue weighted by Gasteiger charge is -2.54. The van der Waals surface area contributed by atoms with Crippen LogP contribution in [-0.2, 0) is 75.9 Å². The van der Waals surface area contributed by atoms with Gasteiger partial charge in [-0.15, -0.1) is 0 Å². The fourth-order valence-electron chi connectivity index (χ4n) is 17.6. The zero-order valence-corrected chi connectivity index (χ0v) is 48.7. The van der Waals surface area contributed by atoms with Gasteiger partial charge in [-0.05, 0) is 87.7 Å². The molecule has 0 saturated carbocycles. The summed E-state index contributed by atoms with van der Waals surface area (Å²) in [5.74, 6) is -7.91. The Kier molecular flexibility index (Phi) is 15.6. The molecule has 0 aromatic rings. The number of esters is 1. The molecular weight excluding hydrogens is 1070 g/mol. The minimum absolute atomic E-state index is 0.00411. The molecule has 0 aliphatic carbocycles. The molecule has 31 atom stereocenters. The van der Waals surface area contributed by atoms with Crippen molar-refractivity contribution in [2.24, 2.45) is 29.6 Å². The number of rotatable bonds is 11. The number of carboxylic acid groups (broad SMARTS) is 1. The van der Waals surface area contributed by atoms with E-state index in [1.165, 1.54) is 0 Å². The smallest absolute Gasteiger partial charge is 0.308 e. The van der Waals surface area contributed by atoms with E-state index in [1.807, 2.05) is 20.8 Å². The molecule has 13 aliphatic rings. The lowest BCUT2D eigenvalue weighted by atomic mass is 9.78. The lowest BCUT2D eigenvalue weighted by molar-refractivity contribution is -0.371. The molecule has 13 heterocycles. The molecule has 0 amide bonds. The van der Waals surface area contributed by atoms with Crippen molar-refractivity contribution in [1.82, 2.24) is 0 Å². The summed E-state index contributed by atoms with van der Waals surface area (Å²) in [4.78, 5) is 25.6. The number of hydrogen-bond acceptors (Lipinski definition) is 20. The predicted octanol–water partition coefficient (Wildman–Crippen LogP) is 4.81. The summed E-state index contributed by atoms with van der Waals surface area (Å²) in [5.41, 5.74) is 2.12. The van der Waals surface area contributed by atoms with Crippen molar-refractivity contribution < 1.29 is 101 Å². The summed E-state index contributed by atoms with van der Waals surface area (Å²) in [7, 11) is 0. The highest BCUT2D eigenvalue weighted by molar-refractivity contribution is 5.70. The van der Waals surface area contributed by atoms with E-state index in [0.717, 1.165) is 30.4 Å². The first kappa shape index (κ1) is 58.7. The number of carboxylic acids is 1. The Morgan fingerprint density at radius 2 is 1.32 bits per heavy atom. The van der Waals surface area contributed by atoms with Gasteiger partial charge < -0.3 is 91.8 Å². The second-order valence-electron chi connectivity index (χ2n) is 27.7. The number of carbonyl (C=O) groups is 2. The van der Waals surface area contributed by atoms with Crippen molar-refractivity contribution in [2.75, 3.05) is 0 Å². The number of hydrogen-bond donors (Lipinski definition) is 5. The van der Waals surface area contributed by atoms with Crippen LogP contribution in [0, 0.1) is 29.6 Å². The molecule has 82 heavy (non-hydrogen) atoms. The van der Waals surface area contributed by atoms with E-state index in [1.54, 1.807) is 0 Å². The predicted molar refractivity (Wildman–Crippen MR) is 284 cm³/mol. The molecule has 0 aromatic carbocycles. The van der Waals surface area contributed by atoms with Crippen molar-refractivity contribution in [3.8, 4) is 0 Å². The molecule has 21 nitrogen and oxygen atoms in total. The number of aliphatic hydroxyl groups is 4. The first-order valence-electron chi connectivity index (χ1n) is 31.1. The highest BCUT2D eigenvalue weighted by atomic mass is 16.8.